The quantitative estimate of drug-likeness (QED) is 0.745. The summed E-state index contributed by atoms with van der Waals surface area (Å²) in [7, 11) is 0. The van der Waals surface area contributed by atoms with E-state index in [9.17, 15) is 0 Å². The highest BCUT2D eigenvalue weighted by molar-refractivity contribution is 9.10. The Morgan fingerprint density at radius 2 is 2.30 bits per heavy atom. The van der Waals surface area contributed by atoms with E-state index in [2.05, 4.69) is 34.8 Å². The number of hydrogen-bond donors (Lipinski definition) is 0. The van der Waals surface area contributed by atoms with E-state index in [0.29, 0.717) is 0 Å². The fourth-order valence-electron chi connectivity index (χ4n) is 0.751. The van der Waals surface area contributed by atoms with Crippen molar-refractivity contribution < 1.29 is 0 Å². The van der Waals surface area contributed by atoms with E-state index in [1.54, 1.807) is 11.3 Å². The van der Waals surface area contributed by atoms with Gasteiger partial charge in [0.15, 0.2) is 0 Å². The number of aryl methyl sites for hydroxylation is 2. The molecule has 0 unspecified atom stereocenters. The maximum atomic E-state index is 4.34. The van der Waals surface area contributed by atoms with Crippen molar-refractivity contribution in [3.8, 4) is 0 Å². The molecule has 0 radical (unpaired) electrons. The largest absolute Gasteiger partial charge is 0.234 e. The highest BCUT2D eigenvalue weighted by atomic mass is 79.9. The van der Waals surface area contributed by atoms with Crippen LogP contribution in [0.2, 0.25) is 0 Å². The zero-order valence-electron chi connectivity index (χ0n) is 6.15. The minimum atomic E-state index is 1.01. The third-order valence-electron chi connectivity index (χ3n) is 1.25. The Labute approximate surface area is 73.6 Å². The van der Waals surface area contributed by atoms with Crippen LogP contribution in [-0.4, -0.2) is 4.98 Å². The second-order valence-electron chi connectivity index (χ2n) is 2.20. The van der Waals surface area contributed by atoms with Gasteiger partial charge in [-0.15, -0.1) is 11.3 Å². The predicted octanol–water partition coefficient (Wildman–Crippen LogP) is 3.17. The van der Waals surface area contributed by atoms with Gasteiger partial charge in [0.05, 0.1) is 5.01 Å². The van der Waals surface area contributed by atoms with Crippen molar-refractivity contribution >= 4 is 27.3 Å². The Kier molecular flexibility index (Phi) is 2.86. The van der Waals surface area contributed by atoms with Gasteiger partial charge in [0, 0.05) is 4.88 Å². The zero-order valence-corrected chi connectivity index (χ0v) is 8.55. The molecule has 0 amide bonds. The summed E-state index contributed by atoms with van der Waals surface area (Å²) in [6, 6.07) is 0. The number of aromatic nitrogens is 1. The summed E-state index contributed by atoms with van der Waals surface area (Å²) in [6.07, 6.45) is 2.29. The average Bonchev–Trinajstić information content (AvgIpc) is 2.14. The molecule has 1 aromatic rings. The summed E-state index contributed by atoms with van der Waals surface area (Å²) in [4.78, 5) is 5.62. The van der Waals surface area contributed by atoms with Crippen molar-refractivity contribution in [2.45, 2.75) is 26.7 Å². The van der Waals surface area contributed by atoms with E-state index in [1.165, 1.54) is 16.3 Å². The minimum absolute atomic E-state index is 1.01. The summed E-state index contributed by atoms with van der Waals surface area (Å²) in [6.45, 7) is 4.26. The first-order valence-electron chi connectivity index (χ1n) is 3.36. The lowest BCUT2D eigenvalue weighted by Crippen LogP contribution is -1.78. The highest BCUT2D eigenvalue weighted by Crippen LogP contribution is 2.22. The maximum absolute atomic E-state index is 4.34. The van der Waals surface area contributed by atoms with Crippen LogP contribution < -0.4 is 0 Å². The Morgan fingerprint density at radius 1 is 1.60 bits per heavy atom. The molecule has 56 valence electrons. The molecule has 1 nitrogen and oxygen atoms in total. The van der Waals surface area contributed by atoms with E-state index in [1.807, 2.05) is 0 Å². The molecule has 0 aromatic carbocycles. The smallest absolute Gasteiger partial charge is 0.120 e. The van der Waals surface area contributed by atoms with Gasteiger partial charge in [0.2, 0.25) is 0 Å². The van der Waals surface area contributed by atoms with Crippen LogP contribution in [0.5, 0.6) is 0 Å². The molecule has 0 atom stereocenters. The molecule has 0 bridgehead atoms. The van der Waals surface area contributed by atoms with Gasteiger partial charge in [-0.2, -0.15) is 0 Å². The zero-order chi connectivity index (χ0) is 7.56. The Bertz CT molecular complexity index is 200. The summed E-state index contributed by atoms with van der Waals surface area (Å²) < 4.78 is 1.01. The number of thiazole rings is 1. The summed E-state index contributed by atoms with van der Waals surface area (Å²) in [5.74, 6) is 0. The predicted molar refractivity (Wildman–Crippen MR) is 48.5 cm³/mol. The molecule has 1 rings (SSSR count). The van der Waals surface area contributed by atoms with E-state index in [4.69, 9.17) is 0 Å². The monoisotopic (exact) mass is 219 g/mol. The lowest BCUT2D eigenvalue weighted by atomic mass is 10.4. The standard InChI is InChI=1S/C7H10BrNS/c1-3-4-6-9-7(8)5(2)10-6/h3-4H2,1-2H3. The Hall–Kier alpha value is 0.110. The van der Waals surface area contributed by atoms with Gasteiger partial charge in [0.1, 0.15) is 4.60 Å². The second kappa shape index (κ2) is 3.49. The highest BCUT2D eigenvalue weighted by Gasteiger charge is 2.02. The molecule has 0 aliphatic rings. The topological polar surface area (TPSA) is 12.9 Å². The molecule has 0 N–H and O–H groups in total. The van der Waals surface area contributed by atoms with Gasteiger partial charge < -0.3 is 0 Å². The second-order valence-corrected chi connectivity index (χ2v) is 4.24. The molecule has 10 heavy (non-hydrogen) atoms. The van der Waals surface area contributed by atoms with Crippen LogP contribution in [0.1, 0.15) is 23.2 Å². The van der Waals surface area contributed by atoms with Crippen LogP contribution in [0.3, 0.4) is 0 Å². The normalized spacial score (nSPS) is 10.3. The number of nitrogens with zero attached hydrogens (tertiary/aromatic N) is 1. The van der Waals surface area contributed by atoms with E-state index in [0.717, 1.165) is 11.0 Å². The lowest BCUT2D eigenvalue weighted by molar-refractivity contribution is 0.905. The molecule has 0 spiro atoms. The first-order chi connectivity index (χ1) is 4.74. The van der Waals surface area contributed by atoms with Gasteiger partial charge in [-0.1, -0.05) is 6.92 Å². The molecule has 0 saturated carbocycles. The van der Waals surface area contributed by atoms with Crippen LogP contribution in [0.25, 0.3) is 0 Å². The number of halogens is 1. The van der Waals surface area contributed by atoms with Crippen LogP contribution in [0.15, 0.2) is 4.60 Å². The number of hydrogen-bond acceptors (Lipinski definition) is 2. The molecule has 3 heteroatoms. The van der Waals surface area contributed by atoms with Crippen molar-refractivity contribution in [3.05, 3.63) is 14.5 Å². The molecule has 1 heterocycles. The molecule has 0 fully saturated rings. The van der Waals surface area contributed by atoms with Crippen LogP contribution >= 0.6 is 27.3 Å². The van der Waals surface area contributed by atoms with Gasteiger partial charge >= 0.3 is 0 Å². The Morgan fingerprint density at radius 3 is 2.70 bits per heavy atom. The van der Waals surface area contributed by atoms with Gasteiger partial charge in [-0.05, 0) is 35.7 Å². The van der Waals surface area contributed by atoms with Crippen LogP contribution in [-0.2, 0) is 6.42 Å². The summed E-state index contributed by atoms with van der Waals surface area (Å²) in [5.41, 5.74) is 0. The van der Waals surface area contributed by atoms with Crippen molar-refractivity contribution in [1.29, 1.82) is 0 Å². The SMILES string of the molecule is CCCc1nc(Br)c(C)s1. The third kappa shape index (κ3) is 1.80. The Balaban J connectivity index is 2.77. The molecule has 0 saturated heterocycles. The van der Waals surface area contributed by atoms with Crippen molar-refractivity contribution in [3.63, 3.8) is 0 Å². The van der Waals surface area contributed by atoms with Crippen molar-refractivity contribution in [2.24, 2.45) is 0 Å². The summed E-state index contributed by atoms with van der Waals surface area (Å²) >= 11 is 5.17. The minimum Gasteiger partial charge on any atom is -0.234 e. The molecular weight excluding hydrogens is 210 g/mol. The summed E-state index contributed by atoms with van der Waals surface area (Å²) in [5, 5.41) is 1.24. The molecule has 0 aliphatic heterocycles. The van der Waals surface area contributed by atoms with Gasteiger partial charge in [-0.25, -0.2) is 4.98 Å². The van der Waals surface area contributed by atoms with Crippen molar-refractivity contribution in [1.82, 2.24) is 4.98 Å². The van der Waals surface area contributed by atoms with Crippen molar-refractivity contribution in [2.75, 3.05) is 0 Å². The molecule has 1 aromatic heterocycles. The van der Waals surface area contributed by atoms with Crippen LogP contribution in [0.4, 0.5) is 0 Å². The lowest BCUT2D eigenvalue weighted by Gasteiger charge is -1.85. The van der Waals surface area contributed by atoms with Gasteiger partial charge in [0.25, 0.3) is 0 Å². The van der Waals surface area contributed by atoms with Gasteiger partial charge in [-0.3, -0.25) is 0 Å². The fourth-order valence-corrected chi connectivity index (χ4v) is 2.25. The van der Waals surface area contributed by atoms with E-state index >= 15 is 0 Å². The molecule has 0 aliphatic carbocycles. The van der Waals surface area contributed by atoms with E-state index < -0.39 is 0 Å². The molecular formula is C7H10BrNS. The third-order valence-corrected chi connectivity index (χ3v) is 3.31. The number of rotatable bonds is 2. The maximum Gasteiger partial charge on any atom is 0.120 e. The van der Waals surface area contributed by atoms with E-state index in [-0.39, 0.29) is 0 Å². The van der Waals surface area contributed by atoms with Crippen LogP contribution in [0, 0.1) is 6.92 Å². The first-order valence-corrected chi connectivity index (χ1v) is 4.96. The average molecular weight is 220 g/mol. The fraction of sp³-hybridized carbons (Fsp3) is 0.571. The first kappa shape index (κ1) is 8.21.